The zero-order chi connectivity index (χ0) is 22.1. The number of benzene rings is 1. The molecule has 0 spiro atoms. The zero-order valence-electron chi connectivity index (χ0n) is 17.4. The molecule has 0 unspecified atom stereocenters. The highest BCUT2D eigenvalue weighted by molar-refractivity contribution is 5.83. The van der Waals surface area contributed by atoms with Crippen LogP contribution < -0.4 is 0 Å². The Morgan fingerprint density at radius 2 is 1.75 bits per heavy atom. The smallest absolute Gasteiger partial charge is 0.257 e. The van der Waals surface area contributed by atoms with Crippen molar-refractivity contribution in [2.45, 2.75) is 44.6 Å². The standard InChI is InChI=1S/C24H22F2N6/c25-22(26)15-31-14-20(12-29-31)17-5-7-18(8-6-17)21-13-30-32-10-9-28-23(24(21)32)19-3-1-16(11-27)2-4-19/h5-10,12-14,16,19,22H,1-4,15H2. The Morgan fingerprint density at radius 1 is 1.00 bits per heavy atom. The first kappa shape index (κ1) is 20.3. The molecule has 4 aromatic rings. The minimum atomic E-state index is -2.43. The molecule has 0 bridgehead atoms. The lowest BCUT2D eigenvalue weighted by Crippen LogP contribution is -2.14. The topological polar surface area (TPSA) is 71.8 Å². The molecule has 1 aromatic carbocycles. The Balaban J connectivity index is 1.45. The fourth-order valence-corrected chi connectivity index (χ4v) is 4.57. The van der Waals surface area contributed by atoms with Crippen LogP contribution in [0.4, 0.5) is 8.78 Å². The van der Waals surface area contributed by atoms with Gasteiger partial charge < -0.3 is 0 Å². The third-order valence-electron chi connectivity index (χ3n) is 6.24. The van der Waals surface area contributed by atoms with Crippen molar-refractivity contribution < 1.29 is 8.78 Å². The van der Waals surface area contributed by atoms with E-state index in [1.165, 1.54) is 4.68 Å². The van der Waals surface area contributed by atoms with Gasteiger partial charge in [-0.05, 0) is 36.8 Å². The molecule has 32 heavy (non-hydrogen) atoms. The molecule has 0 amide bonds. The van der Waals surface area contributed by atoms with Gasteiger partial charge in [0, 0.05) is 41.6 Å². The highest BCUT2D eigenvalue weighted by atomic mass is 19.3. The van der Waals surface area contributed by atoms with E-state index in [0.29, 0.717) is 5.92 Å². The summed E-state index contributed by atoms with van der Waals surface area (Å²) in [5.74, 6) is 0.464. The Labute approximate surface area is 184 Å². The lowest BCUT2D eigenvalue weighted by molar-refractivity contribution is 0.122. The van der Waals surface area contributed by atoms with Gasteiger partial charge >= 0.3 is 0 Å². The van der Waals surface area contributed by atoms with E-state index in [9.17, 15) is 14.0 Å². The summed E-state index contributed by atoms with van der Waals surface area (Å²) < 4.78 is 28.3. The van der Waals surface area contributed by atoms with Crippen LogP contribution in [0.25, 0.3) is 27.8 Å². The second kappa shape index (κ2) is 8.50. The molecule has 3 aromatic heterocycles. The van der Waals surface area contributed by atoms with Crippen LogP contribution >= 0.6 is 0 Å². The number of rotatable bonds is 5. The van der Waals surface area contributed by atoms with Crippen molar-refractivity contribution in [3.05, 3.63) is 60.9 Å². The van der Waals surface area contributed by atoms with Crippen molar-refractivity contribution in [2.24, 2.45) is 5.92 Å². The van der Waals surface area contributed by atoms with Crippen molar-refractivity contribution in [2.75, 3.05) is 0 Å². The zero-order valence-corrected chi connectivity index (χ0v) is 17.4. The van der Waals surface area contributed by atoms with E-state index in [4.69, 9.17) is 4.98 Å². The van der Waals surface area contributed by atoms with Gasteiger partial charge in [0.15, 0.2) is 0 Å². The van der Waals surface area contributed by atoms with E-state index in [1.807, 2.05) is 41.2 Å². The van der Waals surface area contributed by atoms with Gasteiger partial charge in [-0.3, -0.25) is 9.67 Å². The monoisotopic (exact) mass is 432 g/mol. The first-order valence-electron chi connectivity index (χ1n) is 10.8. The molecule has 0 radical (unpaired) electrons. The second-order valence-corrected chi connectivity index (χ2v) is 8.26. The molecule has 0 aliphatic heterocycles. The average molecular weight is 432 g/mol. The molecule has 0 atom stereocenters. The number of aromatic nitrogens is 5. The molecule has 0 N–H and O–H groups in total. The van der Waals surface area contributed by atoms with E-state index < -0.39 is 13.0 Å². The summed E-state index contributed by atoms with van der Waals surface area (Å²) in [5.41, 5.74) is 5.78. The van der Waals surface area contributed by atoms with Gasteiger partial charge in [0.05, 0.1) is 29.7 Å². The predicted molar refractivity (Wildman–Crippen MR) is 116 cm³/mol. The maximum Gasteiger partial charge on any atom is 0.257 e. The van der Waals surface area contributed by atoms with Gasteiger partial charge in [0.2, 0.25) is 0 Å². The number of halogens is 2. The lowest BCUT2D eigenvalue weighted by atomic mass is 9.80. The highest BCUT2D eigenvalue weighted by Crippen LogP contribution is 2.38. The third-order valence-corrected chi connectivity index (χ3v) is 6.24. The van der Waals surface area contributed by atoms with Crippen LogP contribution in [0.3, 0.4) is 0 Å². The fraction of sp³-hybridized carbons (Fsp3) is 0.333. The first-order chi connectivity index (χ1) is 15.6. The quantitative estimate of drug-likeness (QED) is 0.428. The van der Waals surface area contributed by atoms with Crippen LogP contribution in [0.5, 0.6) is 0 Å². The van der Waals surface area contributed by atoms with Gasteiger partial charge in [-0.1, -0.05) is 24.3 Å². The molecule has 5 rings (SSSR count). The first-order valence-corrected chi connectivity index (χ1v) is 10.8. The minimum absolute atomic E-state index is 0.146. The van der Waals surface area contributed by atoms with Crippen molar-refractivity contribution in [1.29, 1.82) is 5.26 Å². The lowest BCUT2D eigenvalue weighted by Gasteiger charge is -2.24. The van der Waals surface area contributed by atoms with Gasteiger partial charge in [-0.2, -0.15) is 15.5 Å². The molecule has 0 saturated heterocycles. The Bertz CT molecular complexity index is 1260. The summed E-state index contributed by atoms with van der Waals surface area (Å²) in [6.45, 7) is -0.410. The molecular formula is C24H22F2N6. The normalized spacial score (nSPS) is 18.8. The maximum absolute atomic E-state index is 12.6. The summed E-state index contributed by atoms with van der Waals surface area (Å²) in [6.07, 6.45) is 10.0. The van der Waals surface area contributed by atoms with Gasteiger partial charge in [-0.15, -0.1) is 0 Å². The molecule has 162 valence electrons. The number of nitriles is 1. The summed E-state index contributed by atoms with van der Waals surface area (Å²) in [5, 5.41) is 17.8. The molecule has 6 nitrogen and oxygen atoms in total. The Hall–Kier alpha value is -3.60. The van der Waals surface area contributed by atoms with E-state index in [0.717, 1.165) is 59.1 Å². The van der Waals surface area contributed by atoms with Crippen molar-refractivity contribution >= 4 is 5.52 Å². The molecule has 1 fully saturated rings. The van der Waals surface area contributed by atoms with Crippen LogP contribution in [-0.4, -0.2) is 30.8 Å². The molecular weight excluding hydrogens is 410 g/mol. The summed E-state index contributed by atoms with van der Waals surface area (Å²) in [7, 11) is 0. The number of alkyl halides is 2. The summed E-state index contributed by atoms with van der Waals surface area (Å²) >= 11 is 0. The SMILES string of the molecule is N#CC1CCC(c2nccn3ncc(-c4ccc(-c5cnn(CC(F)F)c5)cc4)c23)CC1. The number of fused-ring (bicyclic) bond motifs is 1. The van der Waals surface area contributed by atoms with Crippen molar-refractivity contribution in [3.8, 4) is 28.3 Å². The van der Waals surface area contributed by atoms with Gasteiger partial charge in [-0.25, -0.2) is 13.3 Å². The average Bonchev–Trinajstić information content (AvgIpc) is 3.46. The predicted octanol–water partition coefficient (Wildman–Crippen LogP) is 5.32. The Morgan fingerprint density at radius 3 is 2.47 bits per heavy atom. The largest absolute Gasteiger partial charge is 0.266 e. The number of hydrogen-bond donors (Lipinski definition) is 0. The van der Waals surface area contributed by atoms with Crippen molar-refractivity contribution in [3.63, 3.8) is 0 Å². The highest BCUT2D eigenvalue weighted by Gasteiger charge is 2.26. The number of hydrogen-bond acceptors (Lipinski definition) is 4. The van der Waals surface area contributed by atoms with Gasteiger partial charge in [0.1, 0.15) is 6.54 Å². The van der Waals surface area contributed by atoms with Crippen molar-refractivity contribution in [1.82, 2.24) is 24.4 Å². The van der Waals surface area contributed by atoms with Crippen LogP contribution in [0.2, 0.25) is 0 Å². The molecule has 1 aliphatic carbocycles. The Kier molecular flexibility index (Phi) is 5.39. The maximum atomic E-state index is 12.6. The van der Waals surface area contributed by atoms with Crippen LogP contribution in [0, 0.1) is 17.2 Å². The molecule has 1 saturated carbocycles. The van der Waals surface area contributed by atoms with E-state index in [-0.39, 0.29) is 5.92 Å². The fourth-order valence-electron chi connectivity index (χ4n) is 4.57. The van der Waals surface area contributed by atoms with E-state index >= 15 is 0 Å². The van der Waals surface area contributed by atoms with E-state index in [1.54, 1.807) is 18.6 Å². The van der Waals surface area contributed by atoms with Crippen LogP contribution in [0.1, 0.15) is 37.3 Å². The third kappa shape index (κ3) is 3.86. The van der Waals surface area contributed by atoms with Crippen LogP contribution in [-0.2, 0) is 6.54 Å². The summed E-state index contributed by atoms with van der Waals surface area (Å²) in [6, 6.07) is 10.4. The molecule has 1 aliphatic rings. The van der Waals surface area contributed by atoms with Crippen LogP contribution in [0.15, 0.2) is 55.2 Å². The second-order valence-electron chi connectivity index (χ2n) is 8.26. The summed E-state index contributed by atoms with van der Waals surface area (Å²) in [4.78, 5) is 4.72. The molecule has 3 heterocycles. The number of nitrogens with zero attached hydrogens (tertiary/aromatic N) is 6. The minimum Gasteiger partial charge on any atom is -0.266 e. The molecule has 8 heteroatoms. The van der Waals surface area contributed by atoms with E-state index in [2.05, 4.69) is 16.3 Å². The van der Waals surface area contributed by atoms with Gasteiger partial charge in [0.25, 0.3) is 6.43 Å².